The van der Waals surface area contributed by atoms with E-state index in [9.17, 15) is 9.59 Å². The van der Waals surface area contributed by atoms with Gasteiger partial charge in [-0.3, -0.25) is 9.59 Å². The van der Waals surface area contributed by atoms with Crippen molar-refractivity contribution in [1.29, 1.82) is 0 Å². The molecule has 3 aromatic carbocycles. The van der Waals surface area contributed by atoms with E-state index >= 15 is 0 Å². The second-order valence-corrected chi connectivity index (χ2v) is 10.1. The maximum atomic E-state index is 13.3. The second kappa shape index (κ2) is 9.94. The van der Waals surface area contributed by atoms with Gasteiger partial charge in [0.25, 0.3) is 5.79 Å². The Morgan fingerprint density at radius 3 is 2.32 bits per heavy atom. The number of benzene rings is 3. The average Bonchev–Trinajstić information content (AvgIpc) is 3.29. The molecule has 8 heteroatoms. The molecular formula is C29H26BrNO6. The summed E-state index contributed by atoms with van der Waals surface area (Å²) in [4.78, 5) is 29.8. The number of nitrogens with one attached hydrogen (secondary N) is 1. The zero-order valence-electron chi connectivity index (χ0n) is 20.6. The van der Waals surface area contributed by atoms with Gasteiger partial charge in [0, 0.05) is 41.3 Å². The van der Waals surface area contributed by atoms with Gasteiger partial charge < -0.3 is 23.9 Å². The minimum Gasteiger partial charge on any atom is -0.493 e. The first kappa shape index (κ1) is 24.9. The molecule has 1 aromatic heterocycles. The van der Waals surface area contributed by atoms with Crippen molar-refractivity contribution < 1.29 is 28.5 Å². The lowest BCUT2D eigenvalue weighted by Crippen LogP contribution is -2.48. The number of halogens is 1. The van der Waals surface area contributed by atoms with Crippen LogP contribution in [0.15, 0.2) is 77.4 Å². The van der Waals surface area contributed by atoms with E-state index in [1.54, 1.807) is 19.2 Å². The molecule has 0 spiro atoms. The van der Waals surface area contributed by atoms with E-state index in [4.69, 9.17) is 18.9 Å². The number of cyclic esters (lactones) is 2. The number of aromatic amines is 1. The topological polar surface area (TPSA) is 86.9 Å². The molecule has 1 N–H and O–H groups in total. The first-order chi connectivity index (χ1) is 17.8. The van der Waals surface area contributed by atoms with Crippen molar-refractivity contribution in [3.8, 4) is 11.5 Å². The molecule has 0 radical (unpaired) electrons. The number of esters is 2. The van der Waals surface area contributed by atoms with Gasteiger partial charge >= 0.3 is 11.9 Å². The summed E-state index contributed by atoms with van der Waals surface area (Å²) in [6.45, 7) is 3.43. The Morgan fingerprint density at radius 1 is 0.946 bits per heavy atom. The van der Waals surface area contributed by atoms with Crippen molar-refractivity contribution >= 4 is 38.8 Å². The van der Waals surface area contributed by atoms with Crippen LogP contribution in [0.3, 0.4) is 0 Å². The van der Waals surface area contributed by atoms with E-state index < -0.39 is 29.6 Å². The highest BCUT2D eigenvalue weighted by molar-refractivity contribution is 9.10. The molecule has 5 rings (SSSR count). The van der Waals surface area contributed by atoms with Crippen molar-refractivity contribution in [2.24, 2.45) is 5.92 Å². The molecule has 0 saturated carbocycles. The van der Waals surface area contributed by atoms with Crippen molar-refractivity contribution in [3.05, 3.63) is 94.1 Å². The lowest BCUT2D eigenvalue weighted by molar-refractivity contribution is -0.240. The van der Waals surface area contributed by atoms with Crippen LogP contribution in [-0.2, 0) is 25.7 Å². The Bertz CT molecular complexity index is 1440. The van der Waals surface area contributed by atoms with E-state index in [1.807, 2.05) is 60.8 Å². The number of carbonyl (C=O) groups excluding carboxylic acids is 2. The fourth-order valence-electron chi connectivity index (χ4n) is 4.68. The van der Waals surface area contributed by atoms with Crippen LogP contribution in [-0.4, -0.2) is 29.8 Å². The third kappa shape index (κ3) is 4.93. The van der Waals surface area contributed by atoms with Crippen LogP contribution in [0.5, 0.6) is 11.5 Å². The molecule has 1 saturated heterocycles. The maximum Gasteiger partial charge on any atom is 0.324 e. The fraction of sp³-hybridized carbons (Fsp3) is 0.241. The third-order valence-electron chi connectivity index (χ3n) is 6.35. The molecule has 0 bridgehead atoms. The van der Waals surface area contributed by atoms with Crippen LogP contribution >= 0.6 is 15.9 Å². The standard InChI is InChI=1S/C29H26BrNO6/c1-29(2)36-27(32)26(28(33)37-29)25(20-15-31-22-12-8-7-11-18(20)22)19-13-23(34-3)24(14-21(19)30)35-16-17-9-5-4-6-10-17/h4-15,25-26,31H,16H2,1-3H3/t25-/m1/s1. The number of carbonyl (C=O) groups is 2. The van der Waals surface area contributed by atoms with Crippen molar-refractivity contribution in [2.75, 3.05) is 7.11 Å². The van der Waals surface area contributed by atoms with Crippen molar-refractivity contribution in [1.82, 2.24) is 4.98 Å². The van der Waals surface area contributed by atoms with Crippen LogP contribution < -0.4 is 9.47 Å². The molecule has 1 fully saturated rings. The third-order valence-corrected chi connectivity index (χ3v) is 7.03. The van der Waals surface area contributed by atoms with E-state index in [1.165, 1.54) is 13.8 Å². The Morgan fingerprint density at radius 2 is 1.62 bits per heavy atom. The van der Waals surface area contributed by atoms with E-state index in [-0.39, 0.29) is 0 Å². The van der Waals surface area contributed by atoms with Gasteiger partial charge in [0.15, 0.2) is 17.4 Å². The number of para-hydroxylation sites is 1. The summed E-state index contributed by atoms with van der Waals surface area (Å²) in [5, 5.41) is 0.883. The van der Waals surface area contributed by atoms with E-state index in [0.29, 0.717) is 28.1 Å². The Kier molecular flexibility index (Phi) is 6.69. The summed E-state index contributed by atoms with van der Waals surface area (Å²) in [7, 11) is 1.55. The normalized spacial score (nSPS) is 16.2. The van der Waals surface area contributed by atoms with Gasteiger partial charge in [-0.2, -0.15) is 0 Å². The Hall–Kier alpha value is -3.78. The lowest BCUT2D eigenvalue weighted by atomic mass is 9.79. The largest absolute Gasteiger partial charge is 0.493 e. The summed E-state index contributed by atoms with van der Waals surface area (Å²) < 4.78 is 23.4. The minimum atomic E-state index is -1.33. The van der Waals surface area contributed by atoms with Gasteiger partial charge in [0.2, 0.25) is 0 Å². The molecule has 190 valence electrons. The van der Waals surface area contributed by atoms with Crippen LogP contribution in [0.4, 0.5) is 0 Å². The number of fused-ring (bicyclic) bond motifs is 1. The summed E-state index contributed by atoms with van der Waals surface area (Å²) >= 11 is 3.67. The van der Waals surface area contributed by atoms with Crippen LogP contribution in [0, 0.1) is 5.92 Å². The molecular weight excluding hydrogens is 538 g/mol. The number of H-pyrrole nitrogens is 1. The van der Waals surface area contributed by atoms with Gasteiger partial charge in [-0.05, 0) is 34.9 Å². The van der Waals surface area contributed by atoms with Gasteiger partial charge in [0.1, 0.15) is 6.61 Å². The zero-order chi connectivity index (χ0) is 26.2. The monoisotopic (exact) mass is 563 g/mol. The van der Waals surface area contributed by atoms with Crippen LogP contribution in [0.1, 0.15) is 36.5 Å². The molecule has 4 aromatic rings. The summed E-state index contributed by atoms with van der Waals surface area (Å²) in [6, 6.07) is 21.1. The average molecular weight is 564 g/mol. The number of ether oxygens (including phenoxy) is 4. The first-order valence-corrected chi connectivity index (χ1v) is 12.6. The second-order valence-electron chi connectivity index (χ2n) is 9.29. The molecule has 0 unspecified atom stereocenters. The smallest absolute Gasteiger partial charge is 0.324 e. The predicted molar refractivity (Wildman–Crippen MR) is 141 cm³/mol. The Balaban J connectivity index is 1.61. The molecule has 2 heterocycles. The predicted octanol–water partition coefficient (Wildman–Crippen LogP) is 6.10. The summed E-state index contributed by atoms with van der Waals surface area (Å²) in [5.74, 6) is -3.58. The van der Waals surface area contributed by atoms with Crippen molar-refractivity contribution in [2.45, 2.75) is 32.2 Å². The highest BCUT2D eigenvalue weighted by Gasteiger charge is 2.49. The van der Waals surface area contributed by atoms with Gasteiger partial charge in [0.05, 0.1) is 7.11 Å². The highest BCUT2D eigenvalue weighted by atomic mass is 79.9. The number of rotatable bonds is 7. The van der Waals surface area contributed by atoms with Crippen LogP contribution in [0.25, 0.3) is 10.9 Å². The number of hydrogen-bond acceptors (Lipinski definition) is 6. The Labute approximate surface area is 222 Å². The van der Waals surface area contributed by atoms with Gasteiger partial charge in [-0.1, -0.05) is 64.5 Å². The molecule has 1 aliphatic heterocycles. The SMILES string of the molecule is COc1cc([C@H](c2c[nH]c3ccccc23)C2C(=O)OC(C)(C)OC2=O)c(Br)cc1OCc1ccccc1. The number of hydrogen-bond donors (Lipinski definition) is 1. The summed E-state index contributed by atoms with van der Waals surface area (Å²) in [5.41, 5.74) is 3.31. The van der Waals surface area contributed by atoms with Crippen LogP contribution in [0.2, 0.25) is 0 Å². The quantitative estimate of drug-likeness (QED) is 0.216. The zero-order valence-corrected chi connectivity index (χ0v) is 22.2. The first-order valence-electron chi connectivity index (χ1n) is 11.8. The molecule has 1 atom stereocenters. The van der Waals surface area contributed by atoms with Crippen molar-refractivity contribution in [3.63, 3.8) is 0 Å². The molecule has 0 amide bonds. The lowest BCUT2D eigenvalue weighted by Gasteiger charge is -2.36. The number of aromatic nitrogens is 1. The molecule has 7 nitrogen and oxygen atoms in total. The number of methoxy groups -OCH3 is 1. The van der Waals surface area contributed by atoms with Gasteiger partial charge in [-0.15, -0.1) is 0 Å². The minimum absolute atomic E-state index is 0.352. The van der Waals surface area contributed by atoms with E-state index in [2.05, 4.69) is 20.9 Å². The fourth-order valence-corrected chi connectivity index (χ4v) is 5.24. The highest BCUT2D eigenvalue weighted by Crippen LogP contribution is 2.46. The summed E-state index contributed by atoms with van der Waals surface area (Å²) in [6.07, 6.45) is 1.81. The molecule has 0 aliphatic carbocycles. The van der Waals surface area contributed by atoms with E-state index in [0.717, 1.165) is 22.0 Å². The molecule has 37 heavy (non-hydrogen) atoms. The van der Waals surface area contributed by atoms with Gasteiger partial charge in [-0.25, -0.2) is 0 Å². The molecule has 1 aliphatic rings. The maximum absolute atomic E-state index is 13.3.